The van der Waals surface area contributed by atoms with E-state index in [4.69, 9.17) is 5.11 Å². The average Bonchev–Trinajstić information content (AvgIpc) is 2.43. The van der Waals surface area contributed by atoms with E-state index in [9.17, 15) is 22.8 Å². The number of alkyl halides is 3. The van der Waals surface area contributed by atoms with Crippen LogP contribution in [0.2, 0.25) is 0 Å². The molecule has 1 aromatic carbocycles. The monoisotopic (exact) mass is 299 g/mol. The highest BCUT2D eigenvalue weighted by Gasteiger charge is 2.42. The van der Waals surface area contributed by atoms with Crippen molar-refractivity contribution in [2.75, 3.05) is 11.9 Å². The molecule has 0 aliphatic rings. The lowest BCUT2D eigenvalue weighted by atomic mass is 10.1. The van der Waals surface area contributed by atoms with Crippen LogP contribution < -0.4 is 4.90 Å². The number of aromatic nitrogens is 2. The maximum atomic E-state index is 12.4. The zero-order valence-corrected chi connectivity index (χ0v) is 10.5. The molecular formula is C12H8F3N3O3. The zero-order chi connectivity index (χ0) is 15.8. The highest BCUT2D eigenvalue weighted by molar-refractivity contribution is 6.04. The number of anilines is 1. The summed E-state index contributed by atoms with van der Waals surface area (Å²) >= 11 is 0. The molecule has 0 bridgehead atoms. The van der Waals surface area contributed by atoms with Gasteiger partial charge in [0.25, 0.3) is 0 Å². The van der Waals surface area contributed by atoms with Gasteiger partial charge in [-0.2, -0.15) is 13.2 Å². The number of carbonyl (C=O) groups excluding carboxylic acids is 1. The molecule has 0 saturated heterocycles. The normalized spacial score (nSPS) is 11.4. The van der Waals surface area contributed by atoms with Crippen LogP contribution >= 0.6 is 0 Å². The first-order valence-electron chi connectivity index (χ1n) is 5.54. The SMILES string of the molecule is CN(C(=O)C(F)(F)F)c1ncnc2cc(C(=O)O)ccc12. The second-order valence-corrected chi connectivity index (χ2v) is 4.10. The van der Waals surface area contributed by atoms with E-state index < -0.39 is 18.1 Å². The standard InChI is InChI=1S/C12H8F3N3O3/c1-18(11(21)12(13,14)15)9-7-3-2-6(10(19)20)4-8(7)16-5-17-9/h2-5H,1H3,(H,19,20). The number of aromatic carboxylic acids is 1. The smallest absolute Gasteiger partial charge is 0.471 e. The Labute approximate surface area is 115 Å². The predicted octanol–water partition coefficient (Wildman–Crippen LogP) is 1.85. The highest BCUT2D eigenvalue weighted by Crippen LogP contribution is 2.26. The second-order valence-electron chi connectivity index (χ2n) is 4.10. The molecule has 21 heavy (non-hydrogen) atoms. The van der Waals surface area contributed by atoms with Crippen molar-refractivity contribution in [3.05, 3.63) is 30.1 Å². The fraction of sp³-hybridized carbons (Fsp3) is 0.167. The Hall–Kier alpha value is -2.71. The van der Waals surface area contributed by atoms with Crippen molar-refractivity contribution in [1.29, 1.82) is 0 Å². The highest BCUT2D eigenvalue weighted by atomic mass is 19.4. The van der Waals surface area contributed by atoms with E-state index in [2.05, 4.69) is 9.97 Å². The molecule has 0 atom stereocenters. The minimum Gasteiger partial charge on any atom is -0.478 e. The molecule has 9 heteroatoms. The fourth-order valence-corrected chi connectivity index (χ4v) is 1.73. The predicted molar refractivity (Wildman–Crippen MR) is 66.0 cm³/mol. The van der Waals surface area contributed by atoms with Gasteiger partial charge in [0.15, 0.2) is 0 Å². The zero-order valence-electron chi connectivity index (χ0n) is 10.5. The van der Waals surface area contributed by atoms with Gasteiger partial charge in [-0.05, 0) is 18.2 Å². The van der Waals surface area contributed by atoms with Gasteiger partial charge in [-0.3, -0.25) is 9.69 Å². The summed E-state index contributed by atoms with van der Waals surface area (Å²) in [5.74, 6) is -3.53. The van der Waals surface area contributed by atoms with E-state index in [1.54, 1.807) is 0 Å². The van der Waals surface area contributed by atoms with Gasteiger partial charge in [0.2, 0.25) is 0 Å². The molecule has 0 aliphatic heterocycles. The van der Waals surface area contributed by atoms with Gasteiger partial charge in [-0.15, -0.1) is 0 Å². The third-order valence-electron chi connectivity index (χ3n) is 2.73. The maximum Gasteiger partial charge on any atom is 0.471 e. The van der Waals surface area contributed by atoms with Crippen LogP contribution in [0.15, 0.2) is 24.5 Å². The van der Waals surface area contributed by atoms with Gasteiger partial charge in [-0.1, -0.05) is 0 Å². The Bertz CT molecular complexity index is 730. The Kier molecular flexibility index (Phi) is 3.50. The lowest BCUT2D eigenvalue weighted by molar-refractivity contribution is -0.170. The fourth-order valence-electron chi connectivity index (χ4n) is 1.73. The van der Waals surface area contributed by atoms with Crippen LogP contribution in [0, 0.1) is 0 Å². The van der Waals surface area contributed by atoms with Crippen LogP contribution in [0.4, 0.5) is 19.0 Å². The Balaban J connectivity index is 2.55. The Morgan fingerprint density at radius 3 is 2.48 bits per heavy atom. The number of hydrogen-bond donors (Lipinski definition) is 1. The Morgan fingerprint density at radius 2 is 1.90 bits per heavy atom. The lowest BCUT2D eigenvalue weighted by Gasteiger charge is -2.19. The minimum absolute atomic E-state index is 0.0723. The molecule has 2 aromatic rings. The number of rotatable bonds is 2. The number of carboxylic acid groups (broad SMARTS) is 1. The van der Waals surface area contributed by atoms with E-state index in [1.807, 2.05) is 0 Å². The first-order valence-corrected chi connectivity index (χ1v) is 5.54. The van der Waals surface area contributed by atoms with Crippen LogP contribution in [0.25, 0.3) is 10.9 Å². The summed E-state index contributed by atoms with van der Waals surface area (Å²) in [6, 6.07) is 3.65. The molecule has 1 aromatic heterocycles. The molecular weight excluding hydrogens is 291 g/mol. The number of carbonyl (C=O) groups is 2. The minimum atomic E-state index is -5.03. The lowest BCUT2D eigenvalue weighted by Crippen LogP contribution is -2.39. The van der Waals surface area contributed by atoms with Crippen molar-refractivity contribution in [3.8, 4) is 0 Å². The van der Waals surface area contributed by atoms with Gasteiger partial charge in [-0.25, -0.2) is 14.8 Å². The van der Waals surface area contributed by atoms with Crippen LogP contribution in [-0.4, -0.2) is 40.2 Å². The summed E-state index contributed by atoms with van der Waals surface area (Å²) in [6.07, 6.45) is -4.07. The van der Waals surface area contributed by atoms with Gasteiger partial charge < -0.3 is 5.11 Å². The van der Waals surface area contributed by atoms with Crippen molar-refractivity contribution in [2.24, 2.45) is 0 Å². The first-order chi connectivity index (χ1) is 9.71. The first kappa shape index (κ1) is 14.7. The topological polar surface area (TPSA) is 83.4 Å². The van der Waals surface area contributed by atoms with Crippen LogP contribution in [0.1, 0.15) is 10.4 Å². The maximum absolute atomic E-state index is 12.4. The van der Waals surface area contributed by atoms with E-state index in [0.29, 0.717) is 4.90 Å². The van der Waals surface area contributed by atoms with Crippen LogP contribution in [0.5, 0.6) is 0 Å². The number of carboxylic acids is 1. The summed E-state index contributed by atoms with van der Waals surface area (Å²) in [4.78, 5) is 29.9. The third-order valence-corrected chi connectivity index (χ3v) is 2.73. The van der Waals surface area contributed by atoms with Gasteiger partial charge in [0, 0.05) is 12.4 Å². The molecule has 0 spiro atoms. The molecule has 6 nitrogen and oxygen atoms in total. The number of amides is 1. The van der Waals surface area contributed by atoms with Crippen molar-refractivity contribution >= 4 is 28.6 Å². The second kappa shape index (κ2) is 5.00. The molecule has 0 unspecified atom stereocenters. The molecule has 1 N–H and O–H groups in total. The molecule has 1 amide bonds. The van der Waals surface area contributed by atoms with Crippen molar-refractivity contribution in [2.45, 2.75) is 6.18 Å². The number of benzene rings is 1. The van der Waals surface area contributed by atoms with Gasteiger partial charge >= 0.3 is 18.1 Å². The summed E-state index contributed by atoms with van der Waals surface area (Å²) < 4.78 is 37.3. The molecule has 0 aliphatic carbocycles. The quantitative estimate of drug-likeness (QED) is 0.915. The summed E-state index contributed by atoms with van der Waals surface area (Å²) in [5, 5.41) is 9.00. The van der Waals surface area contributed by atoms with Crippen molar-refractivity contribution in [3.63, 3.8) is 0 Å². The Morgan fingerprint density at radius 1 is 1.24 bits per heavy atom. The van der Waals surface area contributed by atoms with E-state index in [-0.39, 0.29) is 22.3 Å². The van der Waals surface area contributed by atoms with Crippen LogP contribution in [-0.2, 0) is 4.79 Å². The van der Waals surface area contributed by atoms with E-state index >= 15 is 0 Å². The average molecular weight is 299 g/mol. The molecule has 110 valence electrons. The van der Waals surface area contributed by atoms with Crippen molar-refractivity contribution < 1.29 is 27.9 Å². The number of fused-ring (bicyclic) bond motifs is 1. The third kappa shape index (κ3) is 2.76. The van der Waals surface area contributed by atoms with E-state index in [0.717, 1.165) is 13.4 Å². The summed E-state index contributed by atoms with van der Waals surface area (Å²) in [6.45, 7) is 0. The molecule has 2 rings (SSSR count). The molecule has 0 radical (unpaired) electrons. The van der Waals surface area contributed by atoms with Gasteiger partial charge in [0.05, 0.1) is 11.1 Å². The molecule has 1 heterocycles. The van der Waals surface area contributed by atoms with E-state index in [1.165, 1.54) is 18.2 Å². The van der Waals surface area contributed by atoms with Gasteiger partial charge in [0.1, 0.15) is 12.1 Å². The van der Waals surface area contributed by atoms with Crippen LogP contribution in [0.3, 0.4) is 0 Å². The summed E-state index contributed by atoms with van der Waals surface area (Å²) in [5.41, 5.74) is 0.0543. The number of nitrogens with zero attached hydrogens (tertiary/aromatic N) is 3. The molecule has 0 saturated carbocycles. The number of halogens is 3. The summed E-state index contributed by atoms with van der Waals surface area (Å²) in [7, 11) is 0.933. The largest absolute Gasteiger partial charge is 0.478 e. The number of hydrogen-bond acceptors (Lipinski definition) is 4. The van der Waals surface area contributed by atoms with Crippen molar-refractivity contribution in [1.82, 2.24) is 9.97 Å². The molecule has 0 fully saturated rings.